The van der Waals surface area contributed by atoms with E-state index in [0.29, 0.717) is 30.3 Å². The Morgan fingerprint density at radius 1 is 0.973 bits per heavy atom. The van der Waals surface area contributed by atoms with Crippen LogP contribution in [-0.4, -0.2) is 190 Å². The van der Waals surface area contributed by atoms with Crippen molar-refractivity contribution in [3.05, 3.63) is 58.1 Å². The molecule has 5 N–H and O–H groups in total. The number of carbonyl (C=O) groups excluding carboxylic acids is 1. The van der Waals surface area contributed by atoms with Crippen LogP contribution in [-0.2, 0) is 49.1 Å². The van der Waals surface area contributed by atoms with Gasteiger partial charge in [-0.3, -0.25) is 9.59 Å². The van der Waals surface area contributed by atoms with E-state index in [2.05, 4.69) is 0 Å². The highest BCUT2D eigenvalue weighted by Crippen LogP contribution is 2.41. The van der Waals surface area contributed by atoms with Gasteiger partial charge in [-0.05, 0) is 139 Å². The second kappa shape index (κ2) is 25.9. The summed E-state index contributed by atoms with van der Waals surface area (Å²) in [6.07, 6.45) is -3.02. The second-order valence-electron chi connectivity index (χ2n) is 23.0. The molecule has 426 valence electrons. The molecule has 0 aliphatic carbocycles. The average Bonchev–Trinajstić information content (AvgIpc) is 3.33. The van der Waals surface area contributed by atoms with Crippen LogP contribution in [0.15, 0.2) is 41.5 Å². The summed E-state index contributed by atoms with van der Waals surface area (Å²) in [5, 5.41) is 58.1. The number of rotatable bonds is 16. The van der Waals surface area contributed by atoms with Crippen LogP contribution >= 0.6 is 0 Å². The Morgan fingerprint density at radius 3 is 2.27 bits per heavy atom. The maximum Gasteiger partial charge on any atom is 0.341 e. The Hall–Kier alpha value is -3.57. The van der Waals surface area contributed by atoms with Crippen molar-refractivity contribution in [2.45, 2.75) is 212 Å². The highest BCUT2D eigenvalue weighted by molar-refractivity contribution is 5.92. The first-order valence-electron chi connectivity index (χ1n) is 26.8. The van der Waals surface area contributed by atoms with Gasteiger partial charge in [0.1, 0.15) is 42.2 Å². The van der Waals surface area contributed by atoms with Gasteiger partial charge in [-0.2, -0.15) is 0 Å². The minimum Gasteiger partial charge on any atom is -0.499 e. The van der Waals surface area contributed by atoms with E-state index >= 15 is 0 Å². The van der Waals surface area contributed by atoms with Crippen LogP contribution in [0.5, 0.6) is 0 Å². The third-order valence-corrected chi connectivity index (χ3v) is 16.1. The Balaban J connectivity index is 1.37. The summed E-state index contributed by atoms with van der Waals surface area (Å²) in [6, 6.07) is 4.50. The maximum atomic E-state index is 14.6. The number of aliphatic hydroxyl groups excluding tert-OH is 2. The smallest absolute Gasteiger partial charge is 0.341 e. The topological polar surface area (TPSA) is 238 Å². The number of hydrogen-bond donors (Lipinski definition) is 5. The van der Waals surface area contributed by atoms with E-state index in [0.717, 1.165) is 5.56 Å². The van der Waals surface area contributed by atoms with Crippen LogP contribution < -0.4 is 5.43 Å². The van der Waals surface area contributed by atoms with Gasteiger partial charge in [-0.25, -0.2) is 4.79 Å². The van der Waals surface area contributed by atoms with Crippen LogP contribution in [0.2, 0.25) is 0 Å². The molecular formula is C56H91N3O16. The fourth-order valence-electron chi connectivity index (χ4n) is 11.7. The summed E-state index contributed by atoms with van der Waals surface area (Å²) < 4.78 is 53.0. The fourth-order valence-corrected chi connectivity index (χ4v) is 11.7. The number of aromatic nitrogens is 1. The molecular weight excluding hydrogens is 971 g/mol. The van der Waals surface area contributed by atoms with Gasteiger partial charge in [0.05, 0.1) is 59.9 Å². The average molecular weight is 1060 g/mol. The lowest BCUT2D eigenvalue weighted by molar-refractivity contribution is -0.321. The summed E-state index contributed by atoms with van der Waals surface area (Å²) in [6.45, 7) is 22.5. The molecule has 0 radical (unpaired) electrons. The monoisotopic (exact) mass is 1060 g/mol. The van der Waals surface area contributed by atoms with E-state index in [1.807, 2.05) is 91.5 Å². The molecule has 1 unspecified atom stereocenters. The fraction of sp³-hybridized carbons (Fsp3) is 0.768. The molecule has 3 aliphatic rings. The first-order valence-corrected chi connectivity index (χ1v) is 26.8. The van der Waals surface area contributed by atoms with Crippen molar-refractivity contribution in [1.29, 1.82) is 0 Å². The molecule has 18 atom stereocenters. The van der Waals surface area contributed by atoms with E-state index in [1.165, 1.54) is 13.1 Å². The highest BCUT2D eigenvalue weighted by atomic mass is 16.7. The predicted molar refractivity (Wildman–Crippen MR) is 282 cm³/mol. The number of cyclic esters (lactones) is 1. The minimum atomic E-state index is -1.84. The minimum absolute atomic E-state index is 0.0560. The SMILES string of the molecule is CC[C@H]1OC(=O)[C@H](C)[C@@H](OC2C[C@@](C)(OC)[C@@H](OCCOC=CCc3ccc4c(c3)c(=O)c(C(=O)O)cn4C(C)C)[C@H](C)O2)[C@H](C)[C@@H](O[C@@H]2O[C@H](C)C[C@H](N(C)C)[C@H]2O)[C@](C)(O)C[C@@H](C)CN(C)[C@H](C)[C@H](O)[C@]1(C)O. The van der Waals surface area contributed by atoms with Crippen LogP contribution in [0.1, 0.15) is 131 Å². The van der Waals surface area contributed by atoms with Gasteiger partial charge in [0.2, 0.25) is 5.43 Å². The number of allylic oxidation sites excluding steroid dienone is 1. The van der Waals surface area contributed by atoms with Crippen LogP contribution in [0, 0.1) is 17.8 Å². The van der Waals surface area contributed by atoms with E-state index in [-0.39, 0.29) is 62.1 Å². The third kappa shape index (κ3) is 14.6. The number of carboxylic acid groups (broad SMARTS) is 1. The lowest BCUT2D eigenvalue weighted by atomic mass is 9.77. The molecule has 1 aromatic heterocycles. The van der Waals surface area contributed by atoms with E-state index < -0.39 is 107 Å². The number of esters is 1. The van der Waals surface area contributed by atoms with Gasteiger partial charge in [-0.1, -0.05) is 26.8 Å². The van der Waals surface area contributed by atoms with E-state index in [4.69, 9.17) is 37.9 Å². The first kappa shape index (κ1) is 62.3. The Bertz CT molecular complexity index is 2290. The van der Waals surface area contributed by atoms with Gasteiger partial charge in [0.25, 0.3) is 0 Å². The van der Waals surface area contributed by atoms with E-state index in [1.54, 1.807) is 57.8 Å². The van der Waals surface area contributed by atoms with Crippen molar-refractivity contribution in [1.82, 2.24) is 14.4 Å². The zero-order valence-corrected chi connectivity index (χ0v) is 47.4. The summed E-state index contributed by atoms with van der Waals surface area (Å²) in [7, 11) is 7.18. The molecule has 19 nitrogen and oxygen atoms in total. The number of benzene rings is 1. The Kier molecular flexibility index (Phi) is 21.5. The number of pyridine rings is 1. The molecule has 2 aromatic rings. The lowest BCUT2D eigenvalue weighted by Crippen LogP contribution is -2.61. The summed E-state index contributed by atoms with van der Waals surface area (Å²) in [4.78, 5) is 43.3. The molecule has 0 saturated carbocycles. The molecule has 3 fully saturated rings. The zero-order valence-electron chi connectivity index (χ0n) is 47.4. The van der Waals surface area contributed by atoms with Gasteiger partial charge < -0.3 is 77.8 Å². The molecule has 75 heavy (non-hydrogen) atoms. The number of nitrogens with zero attached hydrogens (tertiary/aromatic N) is 3. The Labute approximate surface area is 444 Å². The highest BCUT2D eigenvalue weighted by Gasteiger charge is 2.53. The van der Waals surface area contributed by atoms with Gasteiger partial charge in [0.15, 0.2) is 12.6 Å². The van der Waals surface area contributed by atoms with Crippen molar-refractivity contribution >= 4 is 22.8 Å². The van der Waals surface area contributed by atoms with Gasteiger partial charge >= 0.3 is 11.9 Å². The first-order chi connectivity index (χ1) is 35.0. The van der Waals surface area contributed by atoms with Gasteiger partial charge in [-0.15, -0.1) is 0 Å². The molecule has 0 bridgehead atoms. The van der Waals surface area contributed by atoms with Crippen LogP contribution in [0.25, 0.3) is 10.9 Å². The van der Waals surface area contributed by atoms with Crippen molar-refractivity contribution in [3.63, 3.8) is 0 Å². The number of carbonyl (C=O) groups is 2. The number of aromatic carboxylic acids is 1. The summed E-state index contributed by atoms with van der Waals surface area (Å²) in [5.41, 5.74) is -3.78. The normalized spacial score (nSPS) is 38.2. The summed E-state index contributed by atoms with van der Waals surface area (Å²) >= 11 is 0. The van der Waals surface area contributed by atoms with Crippen molar-refractivity contribution in [3.8, 4) is 0 Å². The number of ether oxygens (including phenoxy) is 8. The third-order valence-electron chi connectivity index (χ3n) is 16.1. The number of carboxylic acids is 1. The molecule has 0 amide bonds. The number of likely N-dealkylation sites (N-methyl/N-ethyl adjacent to an activating group) is 2. The number of methoxy groups -OCH3 is 1. The molecule has 5 rings (SSSR count). The van der Waals surface area contributed by atoms with Crippen LogP contribution in [0.4, 0.5) is 0 Å². The Morgan fingerprint density at radius 2 is 1.65 bits per heavy atom. The lowest BCUT2D eigenvalue weighted by Gasteiger charge is -2.49. The predicted octanol–water partition coefficient (Wildman–Crippen LogP) is 5.29. The van der Waals surface area contributed by atoms with E-state index in [9.17, 15) is 39.9 Å². The molecule has 4 heterocycles. The maximum absolute atomic E-state index is 14.6. The molecule has 19 heteroatoms. The zero-order chi connectivity index (χ0) is 56.1. The molecule has 3 aliphatic heterocycles. The molecule has 1 aromatic carbocycles. The van der Waals surface area contributed by atoms with Gasteiger partial charge in [0, 0.05) is 55.7 Å². The number of hydrogen-bond acceptors (Lipinski definition) is 17. The van der Waals surface area contributed by atoms with Crippen molar-refractivity contribution in [2.24, 2.45) is 17.8 Å². The largest absolute Gasteiger partial charge is 0.499 e. The second-order valence-corrected chi connectivity index (χ2v) is 23.0. The quantitative estimate of drug-likeness (QED) is 0.0816. The number of aliphatic hydroxyl groups is 4. The van der Waals surface area contributed by atoms with Crippen LogP contribution in [0.3, 0.4) is 0 Å². The van der Waals surface area contributed by atoms with Crippen molar-refractivity contribution in [2.75, 3.05) is 48.0 Å². The standard InChI is InChI=1S/C56H91N3O16/c1-17-43-56(12,67)48(62)36(8)58(15)29-32(4)27-54(10,66)49(75-53-46(61)42(57(13)14)25-33(5)71-53)34(6)47(35(7)52(65)73-43)74-44-28-55(11,68-16)50(37(9)72-44)70-24-23-69-22-18-19-38-20-21-41-39(26-38)45(60)40(51(63)64)30-59(41)31(2)3/h18,20-22,26,30-37,42-44,46-50,53,61-62,66-67H,17,19,23-25,27-29H2,1-16H3,(H,63,64)/t32-,33-,34+,35-,36-,37+,42+,43-,44?,46-,47+,48+,49-,50+,53+,54-,55-,56-/m1/s1. The van der Waals surface area contributed by atoms with Crippen molar-refractivity contribution < 1.29 is 73.0 Å². The molecule has 3 saturated heterocycles. The number of fused-ring (bicyclic) bond motifs is 1. The molecule has 0 spiro atoms. The summed E-state index contributed by atoms with van der Waals surface area (Å²) in [5.74, 6) is -4.02.